The zero-order chi connectivity index (χ0) is 23.5. The van der Waals surface area contributed by atoms with Crippen LogP contribution in [0.2, 0.25) is 5.02 Å². The van der Waals surface area contributed by atoms with Crippen LogP contribution in [0, 0.1) is 12.7 Å². The van der Waals surface area contributed by atoms with Crippen LogP contribution in [0.15, 0.2) is 58.5 Å². The molecule has 0 bridgehead atoms. The molecular weight excluding hydrogens is 465 g/mol. The Hall–Kier alpha value is -3.17. The quantitative estimate of drug-likeness (QED) is 0.308. The Labute approximate surface area is 198 Å². The maximum Gasteiger partial charge on any atom is 0.280 e. The van der Waals surface area contributed by atoms with E-state index in [-0.39, 0.29) is 29.6 Å². The summed E-state index contributed by atoms with van der Waals surface area (Å²) in [6.45, 7) is 4.44. The lowest BCUT2D eigenvalue weighted by Crippen LogP contribution is -2.26. The molecule has 10 heteroatoms. The number of rotatable bonds is 7. The summed E-state index contributed by atoms with van der Waals surface area (Å²) in [6.07, 6.45) is 0. The fourth-order valence-corrected chi connectivity index (χ4v) is 4.41. The van der Waals surface area contributed by atoms with Crippen molar-refractivity contribution >= 4 is 46.0 Å². The molecule has 0 radical (unpaired) electrons. The molecule has 0 fully saturated rings. The SMILES string of the molecule is CCn1nc(C)c2nc(SCC(=O)Nc3ccc(F)cc3)n(Cc3ccccc3Cl)c(=O)c21. The lowest BCUT2D eigenvalue weighted by Gasteiger charge is -2.13. The van der Waals surface area contributed by atoms with Crippen molar-refractivity contribution in [1.29, 1.82) is 0 Å². The largest absolute Gasteiger partial charge is 0.325 e. The van der Waals surface area contributed by atoms with Crippen molar-refractivity contribution in [2.24, 2.45) is 0 Å². The van der Waals surface area contributed by atoms with Gasteiger partial charge in [0.15, 0.2) is 10.7 Å². The first-order chi connectivity index (χ1) is 15.9. The third kappa shape index (κ3) is 4.94. The van der Waals surface area contributed by atoms with Crippen LogP contribution in [0.25, 0.3) is 11.0 Å². The maximum atomic E-state index is 13.5. The van der Waals surface area contributed by atoms with E-state index in [4.69, 9.17) is 16.6 Å². The van der Waals surface area contributed by atoms with Crippen molar-refractivity contribution in [3.8, 4) is 0 Å². The molecule has 1 N–H and O–H groups in total. The van der Waals surface area contributed by atoms with Crippen molar-refractivity contribution in [3.05, 3.63) is 81.0 Å². The van der Waals surface area contributed by atoms with Gasteiger partial charge in [-0.05, 0) is 49.7 Å². The van der Waals surface area contributed by atoms with Crippen LogP contribution in [-0.2, 0) is 17.9 Å². The average Bonchev–Trinajstić information content (AvgIpc) is 3.13. The smallest absolute Gasteiger partial charge is 0.280 e. The zero-order valence-electron chi connectivity index (χ0n) is 18.0. The number of halogens is 2. The van der Waals surface area contributed by atoms with Gasteiger partial charge in [0.1, 0.15) is 11.3 Å². The highest BCUT2D eigenvalue weighted by molar-refractivity contribution is 7.99. The van der Waals surface area contributed by atoms with Crippen LogP contribution in [0.5, 0.6) is 0 Å². The Balaban J connectivity index is 1.68. The molecular formula is C23H21ClFN5O2S. The van der Waals surface area contributed by atoms with Gasteiger partial charge in [-0.2, -0.15) is 5.10 Å². The first-order valence-corrected chi connectivity index (χ1v) is 11.6. The fourth-order valence-electron chi connectivity index (χ4n) is 3.42. The lowest BCUT2D eigenvalue weighted by atomic mass is 10.2. The number of benzene rings is 2. The highest BCUT2D eigenvalue weighted by Crippen LogP contribution is 2.23. The van der Waals surface area contributed by atoms with Gasteiger partial charge in [-0.25, -0.2) is 9.37 Å². The minimum absolute atomic E-state index is 0.0127. The predicted molar refractivity (Wildman–Crippen MR) is 129 cm³/mol. The second-order valence-corrected chi connectivity index (χ2v) is 8.67. The van der Waals surface area contributed by atoms with Gasteiger partial charge >= 0.3 is 0 Å². The van der Waals surface area contributed by atoms with Gasteiger partial charge in [0.25, 0.3) is 5.56 Å². The number of fused-ring (bicyclic) bond motifs is 1. The van der Waals surface area contributed by atoms with Gasteiger partial charge in [-0.15, -0.1) is 0 Å². The van der Waals surface area contributed by atoms with Crippen LogP contribution in [0.4, 0.5) is 10.1 Å². The number of amides is 1. The molecule has 0 aliphatic rings. The summed E-state index contributed by atoms with van der Waals surface area (Å²) < 4.78 is 16.3. The van der Waals surface area contributed by atoms with E-state index in [0.717, 1.165) is 17.3 Å². The second kappa shape index (κ2) is 9.76. The summed E-state index contributed by atoms with van der Waals surface area (Å²) >= 11 is 7.48. The Morgan fingerprint density at radius 1 is 1.18 bits per heavy atom. The highest BCUT2D eigenvalue weighted by atomic mass is 35.5. The molecule has 0 unspecified atom stereocenters. The molecule has 2 heterocycles. The molecule has 33 heavy (non-hydrogen) atoms. The maximum absolute atomic E-state index is 13.5. The number of carbonyl (C=O) groups is 1. The van der Waals surface area contributed by atoms with Gasteiger partial charge in [0.2, 0.25) is 5.91 Å². The van der Waals surface area contributed by atoms with Crippen LogP contribution < -0.4 is 10.9 Å². The summed E-state index contributed by atoms with van der Waals surface area (Å²) in [5, 5.41) is 8.07. The molecule has 2 aromatic heterocycles. The number of aromatic nitrogens is 4. The Bertz CT molecular complexity index is 1380. The Kier molecular flexibility index (Phi) is 6.80. The Morgan fingerprint density at radius 2 is 1.91 bits per heavy atom. The van der Waals surface area contributed by atoms with E-state index in [1.807, 2.05) is 25.1 Å². The minimum Gasteiger partial charge on any atom is -0.325 e. The van der Waals surface area contributed by atoms with E-state index in [1.165, 1.54) is 28.8 Å². The fraction of sp³-hybridized carbons (Fsp3) is 0.217. The third-order valence-corrected chi connectivity index (χ3v) is 6.37. The molecule has 0 aliphatic carbocycles. The first-order valence-electron chi connectivity index (χ1n) is 10.3. The minimum atomic E-state index is -0.383. The van der Waals surface area contributed by atoms with Crippen LogP contribution in [0.1, 0.15) is 18.2 Å². The summed E-state index contributed by atoms with van der Waals surface area (Å²) in [6, 6.07) is 12.8. The van der Waals surface area contributed by atoms with Crippen molar-refractivity contribution in [1.82, 2.24) is 19.3 Å². The second-order valence-electron chi connectivity index (χ2n) is 7.32. The Morgan fingerprint density at radius 3 is 2.61 bits per heavy atom. The topological polar surface area (TPSA) is 81.8 Å². The van der Waals surface area contributed by atoms with Crippen molar-refractivity contribution < 1.29 is 9.18 Å². The molecule has 2 aromatic carbocycles. The summed E-state index contributed by atoms with van der Waals surface area (Å²) in [4.78, 5) is 30.7. The summed E-state index contributed by atoms with van der Waals surface area (Å²) in [7, 11) is 0. The van der Waals surface area contributed by atoms with Gasteiger partial charge in [0.05, 0.1) is 18.0 Å². The molecule has 0 atom stereocenters. The number of anilines is 1. The highest BCUT2D eigenvalue weighted by Gasteiger charge is 2.19. The van der Waals surface area contributed by atoms with Gasteiger partial charge in [0, 0.05) is 17.3 Å². The molecule has 4 rings (SSSR count). The molecule has 1 amide bonds. The van der Waals surface area contributed by atoms with Crippen LogP contribution in [0.3, 0.4) is 0 Å². The number of hydrogen-bond acceptors (Lipinski definition) is 5. The summed E-state index contributed by atoms with van der Waals surface area (Å²) in [5.74, 6) is -0.670. The number of aryl methyl sites for hydroxylation is 2. The predicted octanol–water partition coefficient (Wildman–Crippen LogP) is 4.49. The van der Waals surface area contributed by atoms with Crippen LogP contribution >= 0.6 is 23.4 Å². The average molecular weight is 486 g/mol. The van der Waals surface area contributed by atoms with Crippen molar-refractivity contribution in [2.75, 3.05) is 11.1 Å². The summed E-state index contributed by atoms with van der Waals surface area (Å²) in [5.41, 5.74) is 2.58. The monoisotopic (exact) mass is 485 g/mol. The van der Waals surface area contributed by atoms with E-state index in [9.17, 15) is 14.0 Å². The van der Waals surface area contributed by atoms with Crippen molar-refractivity contribution in [2.45, 2.75) is 32.1 Å². The molecule has 7 nitrogen and oxygen atoms in total. The molecule has 170 valence electrons. The van der Waals surface area contributed by atoms with E-state index in [1.54, 1.807) is 17.7 Å². The van der Waals surface area contributed by atoms with Gasteiger partial charge < -0.3 is 5.32 Å². The number of hydrogen-bond donors (Lipinski definition) is 1. The molecule has 0 aliphatic heterocycles. The third-order valence-electron chi connectivity index (χ3n) is 5.03. The van der Waals surface area contributed by atoms with E-state index in [0.29, 0.717) is 39.1 Å². The van der Waals surface area contributed by atoms with Gasteiger partial charge in [-0.3, -0.25) is 18.8 Å². The first kappa shape index (κ1) is 23.0. The number of thioether (sulfide) groups is 1. The standard InChI is InChI=1S/C23H21ClFN5O2S/c1-3-30-21-20(14(2)28-30)27-23(29(22(21)32)12-15-6-4-5-7-18(15)24)33-13-19(31)26-17-10-8-16(25)9-11-17/h4-11H,3,12-13H2,1-2H3,(H,26,31). The molecule has 0 saturated heterocycles. The number of nitrogens with one attached hydrogen (secondary N) is 1. The van der Waals surface area contributed by atoms with Gasteiger partial charge in [-0.1, -0.05) is 41.6 Å². The molecule has 0 saturated carbocycles. The molecule has 0 spiro atoms. The normalized spacial score (nSPS) is 11.2. The van der Waals surface area contributed by atoms with Crippen molar-refractivity contribution in [3.63, 3.8) is 0 Å². The van der Waals surface area contributed by atoms with Crippen LogP contribution in [-0.4, -0.2) is 31.0 Å². The van der Waals surface area contributed by atoms with E-state index < -0.39 is 0 Å². The van der Waals surface area contributed by atoms with E-state index >= 15 is 0 Å². The van der Waals surface area contributed by atoms with E-state index in [2.05, 4.69) is 10.4 Å². The number of carbonyl (C=O) groups excluding carboxylic acids is 1. The number of nitrogens with zero attached hydrogens (tertiary/aromatic N) is 4. The zero-order valence-corrected chi connectivity index (χ0v) is 19.6. The molecule has 4 aromatic rings. The lowest BCUT2D eigenvalue weighted by molar-refractivity contribution is -0.113.